The predicted octanol–water partition coefficient (Wildman–Crippen LogP) is 1.72. The van der Waals surface area contributed by atoms with Crippen LogP contribution in [0.2, 0.25) is 0 Å². The van der Waals surface area contributed by atoms with Gasteiger partial charge in [0.1, 0.15) is 5.54 Å². The van der Waals surface area contributed by atoms with Gasteiger partial charge in [0.05, 0.1) is 18.9 Å². The van der Waals surface area contributed by atoms with Gasteiger partial charge in [0.25, 0.3) is 5.91 Å². The molecule has 26 heavy (non-hydrogen) atoms. The van der Waals surface area contributed by atoms with E-state index in [1.165, 1.54) is 6.26 Å². The summed E-state index contributed by atoms with van der Waals surface area (Å²) >= 11 is 0. The molecule has 1 aliphatic heterocycles. The van der Waals surface area contributed by atoms with Crippen LogP contribution in [0.15, 0.2) is 22.8 Å². The Hall–Kier alpha value is -2.33. The van der Waals surface area contributed by atoms with Gasteiger partial charge in [0.15, 0.2) is 5.76 Å². The lowest BCUT2D eigenvalue weighted by Gasteiger charge is -2.40. The van der Waals surface area contributed by atoms with Crippen LogP contribution in [0.3, 0.4) is 0 Å². The third-order valence-corrected chi connectivity index (χ3v) is 5.66. The molecule has 7 nitrogen and oxygen atoms in total. The Morgan fingerprint density at radius 1 is 1.23 bits per heavy atom. The van der Waals surface area contributed by atoms with Crippen molar-refractivity contribution >= 4 is 11.8 Å². The first-order chi connectivity index (χ1) is 12.6. The summed E-state index contributed by atoms with van der Waals surface area (Å²) in [5.74, 6) is 0.227. The Morgan fingerprint density at radius 3 is 2.50 bits per heavy atom. The summed E-state index contributed by atoms with van der Waals surface area (Å²) in [6.45, 7) is 2.72. The highest BCUT2D eigenvalue weighted by molar-refractivity contribution is 5.91. The predicted molar refractivity (Wildman–Crippen MR) is 95.3 cm³/mol. The zero-order valence-electron chi connectivity index (χ0n) is 15.3. The fourth-order valence-electron chi connectivity index (χ4n) is 3.86. The average molecular weight is 358 g/mol. The smallest absolute Gasteiger partial charge is 0.289 e. The monoisotopic (exact) mass is 358 g/mol. The second kappa shape index (κ2) is 7.92. The van der Waals surface area contributed by atoms with Crippen molar-refractivity contribution in [2.24, 2.45) is 0 Å². The molecule has 0 N–H and O–H groups in total. The Bertz CT molecular complexity index is 665. The van der Waals surface area contributed by atoms with Crippen molar-refractivity contribution in [2.45, 2.75) is 37.6 Å². The van der Waals surface area contributed by atoms with E-state index in [0.29, 0.717) is 38.5 Å². The number of likely N-dealkylation sites (N-methyl/N-ethyl adjacent to an activating group) is 1. The summed E-state index contributed by atoms with van der Waals surface area (Å²) in [5, 5.41) is 9.64. The van der Waals surface area contributed by atoms with Crippen LogP contribution in [0.1, 0.15) is 42.7 Å². The number of carbonyl (C=O) groups excluding carboxylic acids is 2. The van der Waals surface area contributed by atoms with E-state index in [1.807, 2.05) is 0 Å². The molecular formula is C19H26N4O3. The van der Waals surface area contributed by atoms with Crippen molar-refractivity contribution in [2.75, 3.05) is 39.8 Å². The van der Waals surface area contributed by atoms with E-state index in [1.54, 1.807) is 29.0 Å². The topological polar surface area (TPSA) is 80.8 Å². The number of carbonyl (C=O) groups is 2. The molecule has 2 amide bonds. The molecule has 3 rings (SSSR count). The molecule has 0 radical (unpaired) electrons. The number of hydrogen-bond donors (Lipinski definition) is 0. The van der Waals surface area contributed by atoms with Crippen LogP contribution in [-0.2, 0) is 4.79 Å². The SMILES string of the molecule is CN(C(=O)CN1CCN(C(=O)c2ccco2)CC1)C1(C#N)CCCCC1. The van der Waals surface area contributed by atoms with Gasteiger partial charge in [-0.15, -0.1) is 0 Å². The third kappa shape index (κ3) is 3.75. The van der Waals surface area contributed by atoms with Gasteiger partial charge in [0.2, 0.25) is 5.91 Å². The zero-order valence-corrected chi connectivity index (χ0v) is 15.3. The van der Waals surface area contributed by atoms with Crippen LogP contribution in [-0.4, -0.2) is 71.8 Å². The third-order valence-electron chi connectivity index (χ3n) is 5.66. The molecule has 1 aromatic rings. The minimum Gasteiger partial charge on any atom is -0.459 e. The van der Waals surface area contributed by atoms with E-state index < -0.39 is 5.54 Å². The maximum Gasteiger partial charge on any atom is 0.289 e. The van der Waals surface area contributed by atoms with Gasteiger partial charge in [-0.25, -0.2) is 0 Å². The number of nitriles is 1. The summed E-state index contributed by atoms with van der Waals surface area (Å²) in [4.78, 5) is 30.5. The summed E-state index contributed by atoms with van der Waals surface area (Å²) in [6.07, 6.45) is 6.15. The van der Waals surface area contributed by atoms with E-state index in [-0.39, 0.29) is 11.8 Å². The van der Waals surface area contributed by atoms with Gasteiger partial charge < -0.3 is 14.2 Å². The summed E-state index contributed by atoms with van der Waals surface area (Å²) in [5.41, 5.74) is -0.646. The van der Waals surface area contributed by atoms with Crippen molar-refractivity contribution in [3.8, 4) is 6.07 Å². The molecule has 0 spiro atoms. The second-order valence-corrected chi connectivity index (χ2v) is 7.20. The van der Waals surface area contributed by atoms with Gasteiger partial charge in [0, 0.05) is 33.2 Å². The molecule has 2 fully saturated rings. The Morgan fingerprint density at radius 2 is 1.92 bits per heavy atom. The van der Waals surface area contributed by atoms with Gasteiger partial charge in [-0.1, -0.05) is 19.3 Å². The van der Waals surface area contributed by atoms with Gasteiger partial charge in [-0.2, -0.15) is 5.26 Å². The number of nitrogens with zero attached hydrogens (tertiary/aromatic N) is 4. The van der Waals surface area contributed by atoms with Gasteiger partial charge in [-0.3, -0.25) is 14.5 Å². The quantitative estimate of drug-likeness (QED) is 0.819. The van der Waals surface area contributed by atoms with Crippen molar-refractivity contribution in [3.05, 3.63) is 24.2 Å². The van der Waals surface area contributed by atoms with Gasteiger partial charge in [-0.05, 0) is 25.0 Å². The Labute approximate surface area is 154 Å². The molecule has 1 aromatic heterocycles. The standard InChI is InChI=1S/C19H26N4O3/c1-21(19(15-20)7-3-2-4-8-19)17(24)14-22-9-11-23(12-10-22)18(25)16-6-5-13-26-16/h5-6,13H,2-4,7-12,14H2,1H3. The van der Waals surface area contributed by atoms with E-state index in [2.05, 4.69) is 11.0 Å². The maximum atomic E-state index is 12.7. The summed E-state index contributed by atoms with van der Waals surface area (Å²) < 4.78 is 5.17. The molecular weight excluding hydrogens is 332 g/mol. The second-order valence-electron chi connectivity index (χ2n) is 7.20. The van der Waals surface area contributed by atoms with Crippen molar-refractivity contribution in [3.63, 3.8) is 0 Å². The molecule has 1 saturated heterocycles. The van der Waals surface area contributed by atoms with Gasteiger partial charge >= 0.3 is 0 Å². The lowest BCUT2D eigenvalue weighted by atomic mass is 9.81. The first-order valence-corrected chi connectivity index (χ1v) is 9.29. The van der Waals surface area contributed by atoms with Crippen LogP contribution >= 0.6 is 0 Å². The lowest BCUT2D eigenvalue weighted by Crippen LogP contribution is -2.55. The first-order valence-electron chi connectivity index (χ1n) is 9.29. The number of piperazine rings is 1. The van der Waals surface area contributed by atoms with Crippen molar-refractivity contribution < 1.29 is 14.0 Å². The molecule has 7 heteroatoms. The molecule has 0 atom stereocenters. The van der Waals surface area contributed by atoms with Crippen molar-refractivity contribution in [1.82, 2.24) is 14.7 Å². The van der Waals surface area contributed by atoms with E-state index in [0.717, 1.165) is 32.1 Å². The highest BCUT2D eigenvalue weighted by Crippen LogP contribution is 2.32. The molecule has 1 saturated carbocycles. The largest absolute Gasteiger partial charge is 0.459 e. The van der Waals surface area contributed by atoms with E-state index >= 15 is 0 Å². The molecule has 0 bridgehead atoms. The minimum absolute atomic E-state index is 0.0146. The molecule has 0 aromatic carbocycles. The molecule has 0 unspecified atom stereocenters. The highest BCUT2D eigenvalue weighted by Gasteiger charge is 2.39. The van der Waals surface area contributed by atoms with Crippen LogP contribution in [0, 0.1) is 11.3 Å². The minimum atomic E-state index is -0.646. The maximum absolute atomic E-state index is 12.7. The number of rotatable bonds is 4. The fraction of sp³-hybridized carbons (Fsp3) is 0.632. The summed E-state index contributed by atoms with van der Waals surface area (Å²) in [7, 11) is 1.76. The number of furan rings is 1. The average Bonchev–Trinajstić information content (AvgIpc) is 3.22. The lowest BCUT2D eigenvalue weighted by molar-refractivity contribution is -0.136. The van der Waals surface area contributed by atoms with Crippen LogP contribution in [0.25, 0.3) is 0 Å². The van der Waals surface area contributed by atoms with E-state index in [4.69, 9.17) is 4.42 Å². The molecule has 2 aliphatic rings. The fourth-order valence-corrected chi connectivity index (χ4v) is 3.86. The van der Waals surface area contributed by atoms with Crippen LogP contribution in [0.4, 0.5) is 0 Å². The van der Waals surface area contributed by atoms with Crippen LogP contribution in [0.5, 0.6) is 0 Å². The first kappa shape index (κ1) is 18.5. The normalized spacial score (nSPS) is 20.4. The Balaban J connectivity index is 1.51. The number of hydrogen-bond acceptors (Lipinski definition) is 5. The van der Waals surface area contributed by atoms with E-state index in [9.17, 15) is 14.9 Å². The molecule has 2 heterocycles. The Kier molecular flexibility index (Phi) is 5.62. The molecule has 1 aliphatic carbocycles. The highest BCUT2D eigenvalue weighted by atomic mass is 16.3. The zero-order chi connectivity index (χ0) is 18.6. The number of amides is 2. The van der Waals surface area contributed by atoms with Crippen LogP contribution < -0.4 is 0 Å². The summed E-state index contributed by atoms with van der Waals surface area (Å²) in [6, 6.07) is 5.76. The molecule has 140 valence electrons. The van der Waals surface area contributed by atoms with Crippen molar-refractivity contribution in [1.29, 1.82) is 5.26 Å².